The SMILES string of the molecule is CCOc1cc(C(CC#N)C2C(=O)c3cnccc3[NH+]2[O-])ccc1OC1CCCC1. The molecule has 1 aromatic carbocycles. The Labute approximate surface area is 175 Å². The minimum atomic E-state index is -0.917. The van der Waals surface area contributed by atoms with Crippen molar-refractivity contribution in [2.24, 2.45) is 0 Å². The number of hydrogen-bond donors (Lipinski definition) is 1. The van der Waals surface area contributed by atoms with E-state index in [4.69, 9.17) is 9.47 Å². The maximum Gasteiger partial charge on any atom is 0.228 e. The number of nitriles is 1. The fourth-order valence-electron chi connectivity index (χ4n) is 4.46. The van der Waals surface area contributed by atoms with Crippen LogP contribution in [-0.4, -0.2) is 29.5 Å². The lowest BCUT2D eigenvalue weighted by molar-refractivity contribution is -0.792. The second-order valence-electron chi connectivity index (χ2n) is 7.76. The highest BCUT2D eigenvalue weighted by Crippen LogP contribution is 2.37. The van der Waals surface area contributed by atoms with Crippen molar-refractivity contribution in [2.75, 3.05) is 6.61 Å². The molecule has 0 radical (unpaired) electrons. The van der Waals surface area contributed by atoms with Gasteiger partial charge >= 0.3 is 0 Å². The largest absolute Gasteiger partial charge is 0.628 e. The molecule has 2 aromatic rings. The lowest BCUT2D eigenvalue weighted by atomic mass is 9.86. The first-order valence-electron chi connectivity index (χ1n) is 10.5. The molecule has 0 spiro atoms. The summed E-state index contributed by atoms with van der Waals surface area (Å²) in [4.78, 5) is 17.0. The molecule has 2 heterocycles. The highest BCUT2D eigenvalue weighted by Gasteiger charge is 2.44. The summed E-state index contributed by atoms with van der Waals surface area (Å²) in [6.45, 7) is 2.36. The smallest absolute Gasteiger partial charge is 0.228 e. The molecule has 1 aliphatic heterocycles. The second-order valence-corrected chi connectivity index (χ2v) is 7.76. The molecule has 0 bridgehead atoms. The van der Waals surface area contributed by atoms with Crippen LogP contribution in [0.25, 0.3) is 0 Å². The van der Waals surface area contributed by atoms with Gasteiger partial charge in [0.25, 0.3) is 0 Å². The number of Topliss-reactive ketones (excluding diaryl/α,β-unsaturated/α-hetero) is 1. The van der Waals surface area contributed by atoms with Crippen LogP contribution >= 0.6 is 0 Å². The average molecular weight is 407 g/mol. The molecule has 1 aliphatic carbocycles. The zero-order chi connectivity index (χ0) is 21.1. The van der Waals surface area contributed by atoms with Crippen molar-refractivity contribution in [1.29, 1.82) is 5.26 Å². The Morgan fingerprint density at radius 1 is 1.30 bits per heavy atom. The van der Waals surface area contributed by atoms with Crippen molar-refractivity contribution in [1.82, 2.24) is 4.98 Å². The van der Waals surface area contributed by atoms with E-state index in [1.807, 2.05) is 25.1 Å². The van der Waals surface area contributed by atoms with Gasteiger partial charge in [-0.15, -0.1) is 0 Å². The molecule has 1 saturated carbocycles. The maximum absolute atomic E-state index is 13.0. The molecule has 3 unspecified atom stereocenters. The fraction of sp³-hybridized carbons (Fsp3) is 0.435. The van der Waals surface area contributed by atoms with E-state index >= 15 is 0 Å². The van der Waals surface area contributed by atoms with E-state index < -0.39 is 12.0 Å². The van der Waals surface area contributed by atoms with E-state index in [9.17, 15) is 15.3 Å². The first-order chi connectivity index (χ1) is 14.6. The van der Waals surface area contributed by atoms with Gasteiger partial charge in [0.1, 0.15) is 11.3 Å². The van der Waals surface area contributed by atoms with Crippen LogP contribution < -0.4 is 14.5 Å². The van der Waals surface area contributed by atoms with Gasteiger partial charge in [-0.3, -0.25) is 9.78 Å². The Bertz CT molecular complexity index is 965. The Morgan fingerprint density at radius 2 is 2.10 bits per heavy atom. The maximum atomic E-state index is 13.0. The van der Waals surface area contributed by atoms with Crippen LogP contribution in [0.3, 0.4) is 0 Å². The van der Waals surface area contributed by atoms with Gasteiger partial charge in [-0.05, 0) is 50.3 Å². The predicted octanol–water partition coefficient (Wildman–Crippen LogP) is 3.08. The number of rotatable bonds is 7. The van der Waals surface area contributed by atoms with E-state index in [2.05, 4.69) is 11.1 Å². The third kappa shape index (κ3) is 3.76. The fourth-order valence-corrected chi connectivity index (χ4v) is 4.46. The molecule has 0 amide bonds. The summed E-state index contributed by atoms with van der Waals surface area (Å²) in [5, 5.41) is 22.2. The van der Waals surface area contributed by atoms with Crippen LogP contribution in [0.15, 0.2) is 36.7 Å². The van der Waals surface area contributed by atoms with Crippen molar-refractivity contribution in [2.45, 2.75) is 57.1 Å². The van der Waals surface area contributed by atoms with Gasteiger partial charge in [0, 0.05) is 24.9 Å². The predicted molar refractivity (Wildman–Crippen MR) is 110 cm³/mol. The molecule has 4 rings (SSSR count). The van der Waals surface area contributed by atoms with E-state index in [0.717, 1.165) is 31.2 Å². The number of ether oxygens (including phenoxy) is 2. The van der Waals surface area contributed by atoms with Crippen molar-refractivity contribution in [3.05, 3.63) is 53.0 Å². The molecule has 30 heavy (non-hydrogen) atoms. The Hall–Kier alpha value is -2.95. The summed E-state index contributed by atoms with van der Waals surface area (Å²) in [5.41, 5.74) is 1.45. The number of hydrogen-bond acceptors (Lipinski definition) is 6. The number of nitrogens with zero attached hydrogens (tertiary/aromatic N) is 2. The van der Waals surface area contributed by atoms with Crippen LogP contribution in [0, 0.1) is 16.5 Å². The third-order valence-corrected chi connectivity index (χ3v) is 5.92. The van der Waals surface area contributed by atoms with Crippen LogP contribution in [0.2, 0.25) is 0 Å². The standard InChI is InChI=1S/C23H25N3O4/c1-2-29-21-13-15(7-8-20(21)30-16-5-3-4-6-16)17(9-11-24)22-23(27)18-14-25-12-10-19(18)26(22)28/h7-8,10,12-14,16-17,22,26H,2-6,9H2,1H3. The van der Waals surface area contributed by atoms with Gasteiger partial charge in [0.2, 0.25) is 5.78 Å². The van der Waals surface area contributed by atoms with Gasteiger partial charge in [0.05, 0.1) is 24.7 Å². The zero-order valence-corrected chi connectivity index (χ0v) is 17.0. The number of carbonyl (C=O) groups excluding carboxylic acids is 1. The van der Waals surface area contributed by atoms with Crippen molar-refractivity contribution >= 4 is 11.5 Å². The molecule has 7 heteroatoms. The summed E-state index contributed by atoms with van der Waals surface area (Å²) in [6, 6.07) is 8.30. The van der Waals surface area contributed by atoms with Crippen molar-refractivity contribution in [3.63, 3.8) is 0 Å². The Balaban J connectivity index is 1.66. The van der Waals surface area contributed by atoms with Crippen molar-refractivity contribution in [3.8, 4) is 17.6 Å². The van der Waals surface area contributed by atoms with Crippen LogP contribution in [0.1, 0.15) is 60.9 Å². The number of ketones is 1. The van der Waals surface area contributed by atoms with Gasteiger partial charge in [0.15, 0.2) is 17.5 Å². The molecule has 7 nitrogen and oxygen atoms in total. The van der Waals surface area contributed by atoms with Gasteiger partial charge in [-0.2, -0.15) is 5.26 Å². The monoisotopic (exact) mass is 407 g/mol. The molecule has 1 aromatic heterocycles. The molecule has 156 valence electrons. The first kappa shape index (κ1) is 20.3. The van der Waals surface area contributed by atoms with Crippen LogP contribution in [0.5, 0.6) is 11.5 Å². The van der Waals surface area contributed by atoms with Crippen molar-refractivity contribution < 1.29 is 19.3 Å². The lowest BCUT2D eigenvalue weighted by Gasteiger charge is -2.29. The normalized spacial score (nSPS) is 21.8. The molecule has 3 atom stereocenters. The van der Waals surface area contributed by atoms with Gasteiger partial charge in [-0.1, -0.05) is 6.07 Å². The van der Waals surface area contributed by atoms with E-state index in [1.165, 1.54) is 12.4 Å². The number of aromatic nitrogens is 1. The number of quaternary nitrogens is 1. The summed E-state index contributed by atoms with van der Waals surface area (Å²) >= 11 is 0. The zero-order valence-electron chi connectivity index (χ0n) is 17.0. The van der Waals surface area contributed by atoms with E-state index in [0.29, 0.717) is 29.4 Å². The molecule has 1 fully saturated rings. The number of hydroxylamine groups is 1. The first-order valence-corrected chi connectivity index (χ1v) is 10.5. The lowest BCUT2D eigenvalue weighted by Crippen LogP contribution is -3.06. The highest BCUT2D eigenvalue weighted by atomic mass is 16.5. The minimum Gasteiger partial charge on any atom is -0.628 e. The summed E-state index contributed by atoms with van der Waals surface area (Å²) in [5.74, 6) is 0.427. The van der Waals surface area contributed by atoms with E-state index in [-0.39, 0.29) is 23.4 Å². The highest BCUT2D eigenvalue weighted by molar-refractivity contribution is 6.05. The summed E-state index contributed by atoms with van der Waals surface area (Å²) in [6.07, 6.45) is 7.57. The number of nitrogens with one attached hydrogen (secondary N) is 1. The summed E-state index contributed by atoms with van der Waals surface area (Å²) in [7, 11) is 0. The van der Waals surface area contributed by atoms with Crippen LogP contribution in [0.4, 0.5) is 5.69 Å². The number of fused-ring (bicyclic) bond motifs is 1. The molecule has 2 aliphatic rings. The quantitative estimate of drug-likeness (QED) is 0.708. The molecular formula is C23H25N3O4. The molecule has 0 saturated heterocycles. The van der Waals surface area contributed by atoms with E-state index in [1.54, 1.807) is 6.07 Å². The second kappa shape index (κ2) is 8.82. The number of pyridine rings is 1. The minimum absolute atomic E-state index is 0.0535. The number of benzene rings is 1. The van der Waals surface area contributed by atoms with Crippen LogP contribution in [-0.2, 0) is 0 Å². The topological polar surface area (TPSA) is 99.7 Å². The third-order valence-electron chi connectivity index (χ3n) is 5.92. The van der Waals surface area contributed by atoms with Gasteiger partial charge < -0.3 is 19.7 Å². The molecular weight excluding hydrogens is 382 g/mol. The van der Waals surface area contributed by atoms with Gasteiger partial charge in [-0.25, -0.2) is 0 Å². The molecule has 1 N–H and O–H groups in total. The Kier molecular flexibility index (Phi) is 5.98. The Morgan fingerprint density at radius 3 is 2.80 bits per heavy atom. The summed E-state index contributed by atoms with van der Waals surface area (Å²) < 4.78 is 11.9. The number of carbonyl (C=O) groups is 1. The average Bonchev–Trinajstić information content (AvgIpc) is 3.35.